The molecule has 1 heterocycles. The van der Waals surface area contributed by atoms with Gasteiger partial charge in [-0.15, -0.1) is 0 Å². The molecule has 0 spiro atoms. The first-order valence-corrected chi connectivity index (χ1v) is 2.78. The summed E-state index contributed by atoms with van der Waals surface area (Å²) in [5.74, 6) is 0. The summed E-state index contributed by atoms with van der Waals surface area (Å²) in [4.78, 5) is 0. The Morgan fingerprint density at radius 3 is 1.62 bits per heavy atom. The standard InChI is InChI=1S/C4H12N4/c5-3-4(6)8-2-1-7-3/h3-4,7-8H,1-2,5-6H2. The third-order valence-electron chi connectivity index (χ3n) is 1.27. The van der Waals surface area contributed by atoms with Crippen molar-refractivity contribution in [2.45, 2.75) is 12.3 Å². The molecule has 2 unspecified atom stereocenters. The lowest BCUT2D eigenvalue weighted by atomic mass is 10.3. The fraction of sp³-hybridized carbons (Fsp3) is 1.00. The lowest BCUT2D eigenvalue weighted by Gasteiger charge is -2.27. The minimum Gasteiger partial charge on any atom is -0.313 e. The number of hydrogen-bond donors (Lipinski definition) is 4. The van der Waals surface area contributed by atoms with E-state index in [9.17, 15) is 0 Å². The summed E-state index contributed by atoms with van der Waals surface area (Å²) in [6, 6.07) is 0. The molecule has 0 amide bonds. The number of nitrogens with two attached hydrogens (primary N) is 2. The molecule has 1 rings (SSSR count). The first kappa shape index (κ1) is 5.97. The molecule has 2 atom stereocenters. The Morgan fingerprint density at radius 1 is 1.00 bits per heavy atom. The summed E-state index contributed by atoms with van der Waals surface area (Å²) in [6.07, 6.45) is -0.160. The predicted molar refractivity (Wildman–Crippen MR) is 32.0 cm³/mol. The molecule has 0 aromatic heterocycles. The van der Waals surface area contributed by atoms with Crippen molar-refractivity contribution in [3.05, 3.63) is 0 Å². The Morgan fingerprint density at radius 2 is 1.38 bits per heavy atom. The van der Waals surface area contributed by atoms with Gasteiger partial charge in [0.25, 0.3) is 0 Å². The zero-order valence-electron chi connectivity index (χ0n) is 4.72. The van der Waals surface area contributed by atoms with Gasteiger partial charge < -0.3 is 11.5 Å². The van der Waals surface area contributed by atoms with Crippen LogP contribution in [-0.4, -0.2) is 25.4 Å². The van der Waals surface area contributed by atoms with Crippen LogP contribution in [0.15, 0.2) is 0 Å². The van der Waals surface area contributed by atoms with E-state index in [4.69, 9.17) is 11.5 Å². The van der Waals surface area contributed by atoms with Crippen molar-refractivity contribution in [2.24, 2.45) is 11.5 Å². The number of piperazine rings is 1. The van der Waals surface area contributed by atoms with Crippen LogP contribution in [0.4, 0.5) is 0 Å². The predicted octanol–water partition coefficient (Wildman–Crippen LogP) is -2.25. The van der Waals surface area contributed by atoms with Crippen molar-refractivity contribution in [1.82, 2.24) is 10.6 Å². The molecule has 0 bridgehead atoms. The molecule has 1 saturated heterocycles. The number of hydrogen-bond acceptors (Lipinski definition) is 4. The highest BCUT2D eigenvalue weighted by Crippen LogP contribution is 1.81. The van der Waals surface area contributed by atoms with Crippen molar-refractivity contribution < 1.29 is 0 Å². The third kappa shape index (κ3) is 1.16. The van der Waals surface area contributed by atoms with E-state index in [2.05, 4.69) is 10.6 Å². The lowest BCUT2D eigenvalue weighted by molar-refractivity contribution is 0.334. The smallest absolute Gasteiger partial charge is 0.0839 e. The fourth-order valence-corrected chi connectivity index (χ4v) is 0.732. The molecule has 4 heteroatoms. The molecule has 0 radical (unpaired) electrons. The number of rotatable bonds is 0. The highest BCUT2D eigenvalue weighted by Gasteiger charge is 2.14. The first-order valence-electron chi connectivity index (χ1n) is 2.78. The van der Waals surface area contributed by atoms with Crippen LogP contribution < -0.4 is 22.1 Å². The second-order valence-corrected chi connectivity index (χ2v) is 1.96. The van der Waals surface area contributed by atoms with E-state index >= 15 is 0 Å². The zero-order chi connectivity index (χ0) is 5.98. The molecule has 48 valence electrons. The molecule has 0 aromatic carbocycles. The van der Waals surface area contributed by atoms with Crippen molar-refractivity contribution in [3.63, 3.8) is 0 Å². The van der Waals surface area contributed by atoms with Gasteiger partial charge in [0.1, 0.15) is 0 Å². The van der Waals surface area contributed by atoms with Crippen LogP contribution in [-0.2, 0) is 0 Å². The second kappa shape index (κ2) is 2.41. The summed E-state index contributed by atoms with van der Waals surface area (Å²) < 4.78 is 0. The van der Waals surface area contributed by atoms with E-state index in [1.165, 1.54) is 0 Å². The molecule has 8 heavy (non-hydrogen) atoms. The summed E-state index contributed by atoms with van der Waals surface area (Å²) in [5, 5.41) is 6.04. The van der Waals surface area contributed by atoms with E-state index in [1.807, 2.05) is 0 Å². The second-order valence-electron chi connectivity index (χ2n) is 1.96. The van der Waals surface area contributed by atoms with Crippen LogP contribution >= 0.6 is 0 Å². The SMILES string of the molecule is NC1NCCNC1N. The van der Waals surface area contributed by atoms with Crippen LogP contribution in [0.5, 0.6) is 0 Å². The normalized spacial score (nSPS) is 39.8. The summed E-state index contributed by atoms with van der Waals surface area (Å²) in [6.45, 7) is 1.82. The van der Waals surface area contributed by atoms with Gasteiger partial charge in [-0.25, -0.2) is 0 Å². The Kier molecular flexibility index (Phi) is 1.80. The van der Waals surface area contributed by atoms with Crippen LogP contribution in [0.2, 0.25) is 0 Å². The molecule has 1 aliphatic heterocycles. The van der Waals surface area contributed by atoms with Crippen molar-refractivity contribution in [2.75, 3.05) is 13.1 Å². The van der Waals surface area contributed by atoms with E-state index in [0.717, 1.165) is 13.1 Å². The Labute approximate surface area is 48.6 Å². The molecule has 4 nitrogen and oxygen atoms in total. The van der Waals surface area contributed by atoms with Crippen LogP contribution in [0.3, 0.4) is 0 Å². The zero-order valence-corrected chi connectivity index (χ0v) is 4.72. The quantitative estimate of drug-likeness (QED) is 0.288. The summed E-state index contributed by atoms with van der Waals surface area (Å²) in [7, 11) is 0. The van der Waals surface area contributed by atoms with Crippen LogP contribution in [0.25, 0.3) is 0 Å². The molecule has 0 aliphatic carbocycles. The molecule has 0 aromatic rings. The van der Waals surface area contributed by atoms with Gasteiger partial charge in [0.05, 0.1) is 12.3 Å². The largest absolute Gasteiger partial charge is 0.313 e. The first-order chi connectivity index (χ1) is 3.80. The van der Waals surface area contributed by atoms with Crippen molar-refractivity contribution >= 4 is 0 Å². The molecule has 0 saturated carbocycles. The Bertz CT molecular complexity index is 64.4. The molecule has 1 fully saturated rings. The average Bonchev–Trinajstić information content (AvgIpc) is 1.77. The third-order valence-corrected chi connectivity index (χ3v) is 1.27. The van der Waals surface area contributed by atoms with Crippen molar-refractivity contribution in [1.29, 1.82) is 0 Å². The van der Waals surface area contributed by atoms with Gasteiger partial charge >= 0.3 is 0 Å². The van der Waals surface area contributed by atoms with E-state index in [-0.39, 0.29) is 12.3 Å². The molecule has 6 N–H and O–H groups in total. The maximum Gasteiger partial charge on any atom is 0.0839 e. The fourth-order valence-electron chi connectivity index (χ4n) is 0.732. The van der Waals surface area contributed by atoms with Gasteiger partial charge in [-0.2, -0.15) is 0 Å². The van der Waals surface area contributed by atoms with Gasteiger partial charge in [0, 0.05) is 13.1 Å². The van der Waals surface area contributed by atoms with E-state index in [1.54, 1.807) is 0 Å². The van der Waals surface area contributed by atoms with Gasteiger partial charge in [-0.1, -0.05) is 0 Å². The van der Waals surface area contributed by atoms with Gasteiger partial charge in [-0.3, -0.25) is 10.6 Å². The van der Waals surface area contributed by atoms with Crippen LogP contribution in [0, 0.1) is 0 Å². The van der Waals surface area contributed by atoms with Gasteiger partial charge in [0.15, 0.2) is 0 Å². The maximum absolute atomic E-state index is 5.48. The van der Waals surface area contributed by atoms with E-state index in [0.29, 0.717) is 0 Å². The highest BCUT2D eigenvalue weighted by atomic mass is 15.2. The highest BCUT2D eigenvalue weighted by molar-refractivity contribution is 4.76. The molecular weight excluding hydrogens is 104 g/mol. The Balaban J connectivity index is 2.28. The molecular formula is C4H12N4. The summed E-state index contributed by atoms with van der Waals surface area (Å²) >= 11 is 0. The minimum absolute atomic E-state index is 0.0799. The van der Waals surface area contributed by atoms with Gasteiger partial charge in [0.2, 0.25) is 0 Å². The van der Waals surface area contributed by atoms with Crippen molar-refractivity contribution in [3.8, 4) is 0 Å². The van der Waals surface area contributed by atoms with Gasteiger partial charge in [-0.05, 0) is 0 Å². The monoisotopic (exact) mass is 116 g/mol. The maximum atomic E-state index is 5.48. The Hall–Kier alpha value is -0.160. The minimum atomic E-state index is -0.0799. The molecule has 1 aliphatic rings. The van der Waals surface area contributed by atoms with E-state index < -0.39 is 0 Å². The average molecular weight is 116 g/mol. The van der Waals surface area contributed by atoms with Crippen LogP contribution in [0.1, 0.15) is 0 Å². The summed E-state index contributed by atoms with van der Waals surface area (Å²) in [5.41, 5.74) is 11.0. The lowest BCUT2D eigenvalue weighted by Crippen LogP contribution is -2.64. The number of nitrogens with one attached hydrogen (secondary N) is 2. The topological polar surface area (TPSA) is 76.1 Å².